The molecule has 0 N–H and O–H groups in total. The third kappa shape index (κ3) is 5.48. The number of unbranched alkanes of at least 4 members (excludes halogenated alkanes) is 2. The van der Waals surface area contributed by atoms with Gasteiger partial charge in [-0.3, -0.25) is 9.58 Å². The first kappa shape index (κ1) is 26.0. The molecule has 2 aliphatic rings. The van der Waals surface area contributed by atoms with E-state index in [0.717, 1.165) is 31.4 Å². The molecule has 3 aromatic rings. The number of benzene rings is 2. The van der Waals surface area contributed by atoms with E-state index in [-0.39, 0.29) is 24.4 Å². The van der Waals surface area contributed by atoms with Crippen molar-refractivity contribution < 1.29 is 23.4 Å². The van der Waals surface area contributed by atoms with Crippen LogP contribution in [-0.2, 0) is 11.3 Å². The Balaban J connectivity index is 1.31. The van der Waals surface area contributed by atoms with Crippen molar-refractivity contribution in [2.24, 2.45) is 0 Å². The van der Waals surface area contributed by atoms with Gasteiger partial charge in [0.2, 0.25) is 0 Å². The Hall–Kier alpha value is -3.59. The van der Waals surface area contributed by atoms with Gasteiger partial charge in [-0.05, 0) is 25.0 Å². The zero-order valence-electron chi connectivity index (χ0n) is 22.1. The van der Waals surface area contributed by atoms with Gasteiger partial charge >= 0.3 is 6.03 Å². The molecular weight excluding hydrogens is 487 g/mol. The van der Waals surface area contributed by atoms with Crippen LogP contribution in [-0.4, -0.2) is 60.7 Å². The minimum absolute atomic E-state index is 0.152. The number of rotatable bonds is 11. The van der Waals surface area contributed by atoms with E-state index in [1.54, 1.807) is 35.2 Å². The normalized spacial score (nSPS) is 16.0. The molecule has 0 aliphatic carbocycles. The highest BCUT2D eigenvalue weighted by Gasteiger charge is 2.29. The number of urea groups is 1. The summed E-state index contributed by atoms with van der Waals surface area (Å²) >= 11 is 0. The molecule has 202 valence electrons. The minimum atomic E-state index is -0.325. The van der Waals surface area contributed by atoms with Gasteiger partial charge in [-0.2, -0.15) is 5.10 Å². The number of halogens is 1. The first-order valence-electron chi connectivity index (χ1n) is 13.4. The van der Waals surface area contributed by atoms with Crippen LogP contribution in [0.3, 0.4) is 0 Å². The van der Waals surface area contributed by atoms with E-state index in [4.69, 9.17) is 14.2 Å². The van der Waals surface area contributed by atoms with Crippen LogP contribution in [0.15, 0.2) is 48.8 Å². The van der Waals surface area contributed by atoms with E-state index in [9.17, 15) is 4.79 Å². The summed E-state index contributed by atoms with van der Waals surface area (Å²) in [4.78, 5) is 16.9. The summed E-state index contributed by atoms with van der Waals surface area (Å²) in [5.74, 6) is 0.937. The smallest absolute Gasteiger partial charge is 0.324 e. The standard InChI is InChI=1S/C29H35FN4O4/c1-3-4-5-14-38-27-15-23(10-11-26(27)36-2)33-13-7-12-32(29(33)35)17-21-8-6-9-25(28(21)30)22-16-31-34(18-22)24-19-37-20-24/h6,8-11,15-16,18,24H,3-5,7,12-14,17,19-20H2,1-2H3. The number of anilines is 1. The number of nitrogens with zero attached hydrogens (tertiary/aromatic N) is 4. The van der Waals surface area contributed by atoms with Crippen LogP contribution >= 0.6 is 0 Å². The molecule has 0 radical (unpaired) electrons. The third-order valence-corrected chi connectivity index (χ3v) is 7.12. The molecule has 0 atom stereocenters. The van der Waals surface area contributed by atoms with Gasteiger partial charge in [0.1, 0.15) is 5.82 Å². The van der Waals surface area contributed by atoms with E-state index in [2.05, 4.69) is 12.0 Å². The summed E-state index contributed by atoms with van der Waals surface area (Å²) in [7, 11) is 1.61. The second-order valence-corrected chi connectivity index (χ2v) is 9.78. The summed E-state index contributed by atoms with van der Waals surface area (Å²) in [5.41, 5.74) is 2.42. The number of ether oxygens (including phenoxy) is 3. The highest BCUT2D eigenvalue weighted by molar-refractivity contribution is 5.93. The van der Waals surface area contributed by atoms with Gasteiger partial charge in [0.25, 0.3) is 0 Å². The van der Waals surface area contributed by atoms with Crippen LogP contribution in [0.25, 0.3) is 11.1 Å². The maximum atomic E-state index is 15.6. The molecule has 1 aromatic heterocycles. The van der Waals surface area contributed by atoms with Gasteiger partial charge in [-0.1, -0.05) is 38.0 Å². The Morgan fingerprint density at radius 1 is 1.13 bits per heavy atom. The molecule has 38 heavy (non-hydrogen) atoms. The highest BCUT2D eigenvalue weighted by atomic mass is 19.1. The van der Waals surface area contributed by atoms with Crippen LogP contribution in [0, 0.1) is 5.82 Å². The number of carbonyl (C=O) groups is 1. The third-order valence-electron chi connectivity index (χ3n) is 7.12. The molecule has 3 heterocycles. The van der Waals surface area contributed by atoms with Crippen molar-refractivity contribution >= 4 is 11.7 Å². The number of methoxy groups -OCH3 is 1. The van der Waals surface area contributed by atoms with E-state index in [1.807, 2.05) is 35.1 Å². The average Bonchev–Trinajstić information content (AvgIpc) is 3.37. The number of aromatic nitrogens is 2. The molecule has 2 aliphatic heterocycles. The van der Waals surface area contributed by atoms with Crippen molar-refractivity contribution in [2.45, 2.75) is 45.2 Å². The van der Waals surface area contributed by atoms with Crippen molar-refractivity contribution in [1.82, 2.24) is 14.7 Å². The second-order valence-electron chi connectivity index (χ2n) is 9.78. The van der Waals surface area contributed by atoms with Gasteiger partial charge in [0.05, 0.1) is 45.7 Å². The highest BCUT2D eigenvalue weighted by Crippen LogP contribution is 2.34. The van der Waals surface area contributed by atoms with Gasteiger partial charge in [0, 0.05) is 47.7 Å². The molecule has 2 aromatic carbocycles. The topological polar surface area (TPSA) is 69.1 Å². The predicted octanol–water partition coefficient (Wildman–Crippen LogP) is 5.67. The van der Waals surface area contributed by atoms with Gasteiger partial charge in [0.15, 0.2) is 11.5 Å². The fraction of sp³-hybridized carbons (Fsp3) is 0.448. The lowest BCUT2D eigenvalue weighted by molar-refractivity contribution is -0.0286. The largest absolute Gasteiger partial charge is 0.493 e. The number of hydrogen-bond donors (Lipinski definition) is 0. The monoisotopic (exact) mass is 522 g/mol. The number of hydrogen-bond acceptors (Lipinski definition) is 5. The lowest BCUT2D eigenvalue weighted by Crippen LogP contribution is -2.49. The molecule has 5 rings (SSSR count). The number of carbonyl (C=O) groups excluding carboxylic acids is 1. The van der Waals surface area contributed by atoms with Gasteiger partial charge < -0.3 is 19.1 Å². The molecule has 0 unspecified atom stereocenters. The quantitative estimate of drug-likeness (QED) is 0.304. The summed E-state index contributed by atoms with van der Waals surface area (Å²) in [6, 6.07) is 10.9. The van der Waals surface area contributed by atoms with Gasteiger partial charge in [-0.25, -0.2) is 9.18 Å². The van der Waals surface area contributed by atoms with E-state index in [1.165, 1.54) is 0 Å². The fourth-order valence-corrected chi connectivity index (χ4v) is 4.83. The van der Waals surface area contributed by atoms with E-state index < -0.39 is 0 Å². The van der Waals surface area contributed by atoms with Crippen LogP contribution < -0.4 is 14.4 Å². The van der Waals surface area contributed by atoms with Crippen molar-refractivity contribution in [3.05, 3.63) is 60.2 Å². The Bertz CT molecular complexity index is 1260. The van der Waals surface area contributed by atoms with Crippen molar-refractivity contribution in [3.63, 3.8) is 0 Å². The van der Waals surface area contributed by atoms with Gasteiger partial charge in [-0.15, -0.1) is 0 Å². The first-order valence-corrected chi connectivity index (χ1v) is 13.4. The molecular formula is C29H35FN4O4. The van der Waals surface area contributed by atoms with Crippen LogP contribution in [0.4, 0.5) is 14.9 Å². The maximum absolute atomic E-state index is 15.6. The molecule has 0 spiro atoms. The Morgan fingerprint density at radius 3 is 2.76 bits per heavy atom. The fourth-order valence-electron chi connectivity index (χ4n) is 4.83. The first-order chi connectivity index (χ1) is 18.6. The van der Waals surface area contributed by atoms with Crippen molar-refractivity contribution in [1.29, 1.82) is 0 Å². The molecule has 2 amide bonds. The predicted molar refractivity (Wildman–Crippen MR) is 143 cm³/mol. The summed E-state index contributed by atoms with van der Waals surface area (Å²) in [5, 5.41) is 4.38. The Morgan fingerprint density at radius 2 is 2.00 bits per heavy atom. The number of amides is 2. The molecule has 0 bridgehead atoms. The minimum Gasteiger partial charge on any atom is -0.493 e. The zero-order chi connectivity index (χ0) is 26.5. The Kier molecular flexibility index (Phi) is 8.12. The van der Waals surface area contributed by atoms with Crippen molar-refractivity contribution in [2.75, 3.05) is 44.9 Å². The maximum Gasteiger partial charge on any atom is 0.324 e. The lowest BCUT2D eigenvalue weighted by atomic mass is 10.0. The van der Waals surface area contributed by atoms with Crippen LogP contribution in [0.2, 0.25) is 0 Å². The summed E-state index contributed by atoms with van der Waals surface area (Å²) < 4.78 is 34.1. The average molecular weight is 523 g/mol. The van der Waals surface area contributed by atoms with Crippen molar-refractivity contribution in [3.8, 4) is 22.6 Å². The molecule has 8 nitrogen and oxygen atoms in total. The lowest BCUT2D eigenvalue weighted by Gasteiger charge is -2.36. The van der Waals surface area contributed by atoms with E-state index >= 15 is 4.39 Å². The Labute approximate surface area is 222 Å². The molecule has 9 heteroatoms. The SMILES string of the molecule is CCCCCOc1cc(N2CCCN(Cc3cccc(-c4cnn(C5COC5)c4)c3F)C2=O)ccc1OC. The molecule has 2 saturated heterocycles. The summed E-state index contributed by atoms with van der Waals surface area (Å²) in [6.07, 6.45) is 7.48. The summed E-state index contributed by atoms with van der Waals surface area (Å²) in [6.45, 7) is 5.33. The molecule has 0 saturated carbocycles. The van der Waals surface area contributed by atoms with Crippen LogP contribution in [0.5, 0.6) is 11.5 Å². The zero-order valence-corrected chi connectivity index (χ0v) is 22.1. The molecule has 2 fully saturated rings. The van der Waals surface area contributed by atoms with Crippen LogP contribution in [0.1, 0.15) is 44.2 Å². The van der Waals surface area contributed by atoms with E-state index in [0.29, 0.717) is 61.1 Å². The second kappa shape index (κ2) is 11.9.